The molecule has 6 nitrogen and oxygen atoms in total. The van der Waals surface area contributed by atoms with Crippen LogP contribution >= 0.6 is 0 Å². The molecule has 0 unspecified atom stereocenters. The van der Waals surface area contributed by atoms with Gasteiger partial charge in [0, 0.05) is 41.2 Å². The largest absolute Gasteiger partial charge is 0.419 e. The van der Waals surface area contributed by atoms with E-state index in [9.17, 15) is 22.4 Å². The second-order valence-electron chi connectivity index (χ2n) is 9.21. The summed E-state index contributed by atoms with van der Waals surface area (Å²) < 4.78 is 70.5. The van der Waals surface area contributed by atoms with Crippen molar-refractivity contribution in [2.24, 2.45) is 0 Å². The molecule has 1 aliphatic rings. The molecule has 0 atom stereocenters. The molecule has 0 fully saturated rings. The number of carbonyl (C=O) groups is 1. The molecule has 2 aromatic carbocycles. The van der Waals surface area contributed by atoms with Gasteiger partial charge in [0.25, 0.3) is 0 Å². The van der Waals surface area contributed by atoms with Crippen molar-refractivity contribution in [1.82, 2.24) is 14.5 Å². The van der Waals surface area contributed by atoms with Crippen LogP contribution in [0.5, 0.6) is 0 Å². The monoisotopic (exact) mass is 515 g/mol. The number of hydrogen-bond acceptors (Lipinski definition) is 4. The van der Waals surface area contributed by atoms with Gasteiger partial charge in [0.2, 0.25) is 5.91 Å². The van der Waals surface area contributed by atoms with Gasteiger partial charge in [-0.3, -0.25) is 4.79 Å². The number of nitrogen functional groups attached to an aromatic ring is 1. The summed E-state index contributed by atoms with van der Waals surface area (Å²) in [6.45, 7) is 4.09. The summed E-state index contributed by atoms with van der Waals surface area (Å²) in [5, 5.41) is 0.526. The van der Waals surface area contributed by atoms with Gasteiger partial charge in [0.1, 0.15) is 29.4 Å². The smallest absolute Gasteiger partial charge is 0.383 e. The number of amides is 1. The number of alkyl halides is 3. The van der Waals surface area contributed by atoms with Crippen LogP contribution in [-0.4, -0.2) is 27.0 Å². The highest BCUT2D eigenvalue weighted by atomic mass is 19.4. The third kappa shape index (κ3) is 4.17. The maximum Gasteiger partial charge on any atom is 0.419 e. The maximum atomic E-state index is 15.8. The van der Waals surface area contributed by atoms with E-state index >= 15 is 4.39 Å². The summed E-state index contributed by atoms with van der Waals surface area (Å²) in [7, 11) is 0. The Hall–Kier alpha value is -4.02. The Balaban J connectivity index is 1.49. The predicted octanol–water partition coefficient (Wildman–Crippen LogP) is 5.69. The predicted molar refractivity (Wildman–Crippen MR) is 129 cm³/mol. The zero-order valence-corrected chi connectivity index (χ0v) is 19.9. The first-order valence-electron chi connectivity index (χ1n) is 11.6. The molecule has 192 valence electrons. The molecule has 0 saturated heterocycles. The molecular weight excluding hydrogens is 493 g/mol. The van der Waals surface area contributed by atoms with Gasteiger partial charge in [-0.15, -0.1) is 0 Å². The molecule has 1 aliphatic heterocycles. The van der Waals surface area contributed by atoms with Crippen molar-refractivity contribution in [1.29, 1.82) is 0 Å². The summed E-state index contributed by atoms with van der Waals surface area (Å²) in [6.07, 6.45) is -1.91. The van der Waals surface area contributed by atoms with Crippen LogP contribution in [0.4, 0.5) is 33.5 Å². The molecule has 1 amide bonds. The fraction of sp³-hybridized carbons (Fsp3) is 0.269. The van der Waals surface area contributed by atoms with Gasteiger partial charge < -0.3 is 15.2 Å². The second kappa shape index (κ2) is 8.82. The molecule has 3 heterocycles. The molecular formula is C26H22F5N5O. The van der Waals surface area contributed by atoms with Gasteiger partial charge in [-0.05, 0) is 50.1 Å². The number of fused-ring (bicyclic) bond motifs is 2. The van der Waals surface area contributed by atoms with E-state index in [2.05, 4.69) is 9.97 Å². The summed E-state index contributed by atoms with van der Waals surface area (Å²) in [5.74, 6) is -2.22. The Morgan fingerprint density at radius 2 is 1.86 bits per heavy atom. The first kappa shape index (κ1) is 24.7. The molecule has 5 rings (SSSR count). The zero-order valence-electron chi connectivity index (χ0n) is 19.9. The number of rotatable bonds is 4. The Labute approximate surface area is 208 Å². The lowest BCUT2D eigenvalue weighted by Crippen LogP contribution is -2.30. The summed E-state index contributed by atoms with van der Waals surface area (Å²) in [5.41, 5.74) is 6.76. The van der Waals surface area contributed by atoms with Gasteiger partial charge in [0.05, 0.1) is 17.4 Å². The van der Waals surface area contributed by atoms with E-state index in [4.69, 9.17) is 5.73 Å². The molecule has 0 aliphatic carbocycles. The Kier molecular flexibility index (Phi) is 5.88. The maximum absolute atomic E-state index is 15.8. The Morgan fingerprint density at radius 3 is 2.57 bits per heavy atom. The van der Waals surface area contributed by atoms with Crippen LogP contribution in [-0.2, 0) is 23.8 Å². The Bertz CT molecular complexity index is 1540. The number of aromatic nitrogens is 3. The van der Waals surface area contributed by atoms with Crippen LogP contribution in [0.1, 0.15) is 36.6 Å². The molecule has 11 heteroatoms. The van der Waals surface area contributed by atoms with Crippen molar-refractivity contribution in [2.75, 3.05) is 17.2 Å². The van der Waals surface area contributed by atoms with Crippen LogP contribution < -0.4 is 10.6 Å². The van der Waals surface area contributed by atoms with E-state index in [1.54, 1.807) is 18.3 Å². The number of nitrogens with two attached hydrogens (primary N) is 1. The highest BCUT2D eigenvalue weighted by Crippen LogP contribution is 2.40. The topological polar surface area (TPSA) is 77.0 Å². The van der Waals surface area contributed by atoms with Crippen LogP contribution in [0.2, 0.25) is 0 Å². The lowest BCUT2D eigenvalue weighted by Gasteiger charge is -2.18. The summed E-state index contributed by atoms with van der Waals surface area (Å²) >= 11 is 0. The van der Waals surface area contributed by atoms with Crippen molar-refractivity contribution < 1.29 is 26.7 Å². The van der Waals surface area contributed by atoms with E-state index in [0.717, 1.165) is 6.07 Å². The normalized spacial score (nSPS) is 13.6. The highest BCUT2D eigenvalue weighted by Gasteiger charge is 2.35. The number of nitrogens with zero attached hydrogens (tertiary/aromatic N) is 4. The Morgan fingerprint density at radius 1 is 1.11 bits per heavy atom. The third-order valence-corrected chi connectivity index (χ3v) is 6.57. The lowest BCUT2D eigenvalue weighted by atomic mass is 10.0. The van der Waals surface area contributed by atoms with Gasteiger partial charge >= 0.3 is 6.18 Å². The molecule has 2 aromatic heterocycles. The molecule has 0 radical (unpaired) electrons. The van der Waals surface area contributed by atoms with Crippen LogP contribution in [0, 0.1) is 11.6 Å². The van der Waals surface area contributed by atoms with Gasteiger partial charge in [-0.2, -0.15) is 13.2 Å². The number of anilines is 2. The average Bonchev–Trinajstić information content (AvgIpc) is 3.43. The minimum atomic E-state index is -4.88. The van der Waals surface area contributed by atoms with Crippen molar-refractivity contribution >= 4 is 28.4 Å². The summed E-state index contributed by atoms with van der Waals surface area (Å²) in [4.78, 5) is 22.7. The zero-order chi connectivity index (χ0) is 26.6. The SMILES string of the molecule is CC(C)n1cc(-c2ccc3c(c2F)CCN3C(=O)Cc2ccc(F)c(C(F)(F)F)c2)c2c(N)ncnc21. The second-order valence-corrected chi connectivity index (χ2v) is 9.21. The number of halogens is 5. The van der Waals surface area contributed by atoms with Crippen LogP contribution in [0.3, 0.4) is 0 Å². The number of benzene rings is 2. The summed E-state index contributed by atoms with van der Waals surface area (Å²) in [6, 6.07) is 5.65. The third-order valence-electron chi connectivity index (χ3n) is 6.57. The van der Waals surface area contributed by atoms with E-state index in [-0.39, 0.29) is 42.4 Å². The van der Waals surface area contributed by atoms with Crippen molar-refractivity contribution in [3.8, 4) is 11.1 Å². The molecule has 0 saturated carbocycles. The van der Waals surface area contributed by atoms with Crippen molar-refractivity contribution in [3.05, 3.63) is 71.2 Å². The minimum absolute atomic E-state index is 0.0150. The first-order chi connectivity index (χ1) is 17.5. The van der Waals surface area contributed by atoms with Gasteiger partial charge in [-0.25, -0.2) is 18.7 Å². The standard InChI is InChI=1S/C26H22F5N5O/c1-13(2)36-11-17(22-24(32)33-12-34-25(22)36)15-4-6-20-16(23(15)28)7-8-35(20)21(37)10-14-3-5-19(27)18(9-14)26(29,30)31/h3-6,9,11-13H,7-8,10H2,1-2H3,(H2,32,33,34). The van der Waals surface area contributed by atoms with Crippen LogP contribution in [0.15, 0.2) is 42.9 Å². The minimum Gasteiger partial charge on any atom is -0.383 e. The quantitative estimate of drug-likeness (QED) is 0.354. The van der Waals surface area contributed by atoms with Crippen molar-refractivity contribution in [2.45, 2.75) is 38.9 Å². The highest BCUT2D eigenvalue weighted by molar-refractivity contribution is 6.02. The van der Waals surface area contributed by atoms with Crippen molar-refractivity contribution in [3.63, 3.8) is 0 Å². The van der Waals surface area contributed by atoms with E-state index in [1.165, 1.54) is 11.2 Å². The van der Waals surface area contributed by atoms with Gasteiger partial charge in [0.15, 0.2) is 0 Å². The fourth-order valence-corrected chi connectivity index (χ4v) is 4.79. The molecule has 0 bridgehead atoms. The fourth-order valence-electron chi connectivity index (χ4n) is 4.79. The first-order valence-corrected chi connectivity index (χ1v) is 11.6. The number of carbonyl (C=O) groups excluding carboxylic acids is 1. The lowest BCUT2D eigenvalue weighted by molar-refractivity contribution is -0.140. The average molecular weight is 515 g/mol. The molecule has 2 N–H and O–H groups in total. The van der Waals surface area contributed by atoms with Crippen LogP contribution in [0.25, 0.3) is 22.2 Å². The van der Waals surface area contributed by atoms with E-state index < -0.39 is 29.3 Å². The van der Waals surface area contributed by atoms with E-state index in [1.807, 2.05) is 18.4 Å². The van der Waals surface area contributed by atoms with E-state index in [0.29, 0.717) is 40.0 Å². The molecule has 0 spiro atoms. The van der Waals surface area contributed by atoms with Gasteiger partial charge in [-0.1, -0.05) is 6.07 Å². The molecule has 37 heavy (non-hydrogen) atoms. The number of hydrogen-bond donors (Lipinski definition) is 1. The molecule has 4 aromatic rings.